The number of nitrogens with two attached hydrogens (primary N) is 1. The Kier molecular flexibility index (Phi) is 9.76. The molecular formula is C13H18Cl3NO3. The maximum absolute atomic E-state index is 10.4. The maximum atomic E-state index is 10.4. The van der Waals surface area contributed by atoms with Crippen molar-refractivity contribution in [1.29, 1.82) is 0 Å². The lowest BCUT2D eigenvalue weighted by Crippen LogP contribution is -2.82. The zero-order chi connectivity index (χ0) is 15.7. The number of halogens is 3. The van der Waals surface area contributed by atoms with Gasteiger partial charge in [-0.25, -0.2) is 0 Å². The van der Waals surface area contributed by atoms with Crippen LogP contribution in [0.5, 0.6) is 5.75 Å². The molecule has 2 N–H and O–H groups in total. The molecule has 0 spiro atoms. The largest absolute Gasteiger partial charge is 0.546 e. The average molecular weight is 343 g/mol. The molecule has 0 aliphatic heterocycles. The number of carbonyl (C=O) groups excluding carboxylic acids is 1. The maximum Gasteiger partial charge on any atom is 0.140 e. The summed E-state index contributed by atoms with van der Waals surface area (Å²) in [6, 6.07) is 2.73. The average Bonchev–Trinajstić information content (AvgIpc) is 2.37. The van der Waals surface area contributed by atoms with E-state index in [1.807, 2.05) is 0 Å². The Morgan fingerprint density at radius 2 is 1.70 bits per heavy atom. The summed E-state index contributed by atoms with van der Waals surface area (Å²) in [7, 11) is 0. The minimum absolute atomic E-state index is 0.155. The van der Waals surface area contributed by atoms with Gasteiger partial charge in [0, 0.05) is 6.07 Å². The number of rotatable bonds is 5. The van der Waals surface area contributed by atoms with Crippen LogP contribution in [0.3, 0.4) is 0 Å². The Labute approximate surface area is 134 Å². The van der Waals surface area contributed by atoms with Crippen LogP contribution in [0.25, 0.3) is 0 Å². The van der Waals surface area contributed by atoms with Crippen LogP contribution in [-0.4, -0.2) is 25.2 Å². The summed E-state index contributed by atoms with van der Waals surface area (Å²) in [5.41, 5.74) is 0. The Morgan fingerprint density at radius 1 is 1.20 bits per heavy atom. The van der Waals surface area contributed by atoms with E-state index in [2.05, 4.69) is 19.2 Å². The van der Waals surface area contributed by atoms with Gasteiger partial charge in [-0.1, -0.05) is 34.8 Å². The topological polar surface area (TPSA) is 66.0 Å². The number of carbonyl (C=O) groups is 1. The van der Waals surface area contributed by atoms with Gasteiger partial charge in [-0.3, -0.25) is 0 Å². The highest BCUT2D eigenvalue weighted by atomic mass is 35.5. The molecule has 1 unspecified atom stereocenters. The van der Waals surface area contributed by atoms with E-state index < -0.39 is 12.1 Å². The van der Waals surface area contributed by atoms with Crippen LogP contribution in [0.2, 0.25) is 15.1 Å². The Morgan fingerprint density at radius 3 is 2.10 bits per heavy atom. The summed E-state index contributed by atoms with van der Waals surface area (Å²) >= 11 is 17.2. The number of carboxylic acids is 1. The lowest BCUT2D eigenvalue weighted by Gasteiger charge is -2.16. The smallest absolute Gasteiger partial charge is 0.140 e. The number of ether oxygens (including phenoxy) is 1. The molecule has 0 fully saturated rings. The van der Waals surface area contributed by atoms with Gasteiger partial charge in [-0.05, 0) is 26.8 Å². The highest BCUT2D eigenvalue weighted by Gasteiger charge is 2.11. The molecule has 1 rings (SSSR count). The lowest BCUT2D eigenvalue weighted by molar-refractivity contribution is -0.648. The fraction of sp³-hybridized carbons (Fsp3) is 0.462. The van der Waals surface area contributed by atoms with Crippen molar-refractivity contribution in [3.05, 3.63) is 27.2 Å². The molecule has 0 aromatic heterocycles. The van der Waals surface area contributed by atoms with Gasteiger partial charge in [0.1, 0.15) is 11.9 Å². The molecule has 1 aromatic carbocycles. The molecule has 1 aromatic rings. The molecular weight excluding hydrogens is 325 g/mol. The molecule has 114 valence electrons. The predicted octanol–water partition coefficient (Wildman–Crippen LogP) is 1.75. The second-order valence-corrected chi connectivity index (χ2v) is 5.10. The Balaban J connectivity index is 0.000000621. The first kappa shape index (κ1) is 19.3. The molecule has 0 aliphatic carbocycles. The standard InChI is InChI=1S/C9H7Cl3O3.C4H11N/c1-4(9(13)14)15-8-3-6(11)5(10)2-7(8)12;1-3-5-4-2/h2-4H,1H3,(H,13,14);5H,3-4H2,1-2H3. The first-order chi connectivity index (χ1) is 9.33. The van der Waals surface area contributed by atoms with Crippen molar-refractivity contribution in [1.82, 2.24) is 0 Å². The summed E-state index contributed by atoms with van der Waals surface area (Å²) in [6.07, 6.45) is -1.11. The van der Waals surface area contributed by atoms with Gasteiger partial charge in [0.2, 0.25) is 0 Å². The first-order valence-corrected chi connectivity index (χ1v) is 7.30. The van der Waals surface area contributed by atoms with Crippen LogP contribution in [0.15, 0.2) is 12.1 Å². The zero-order valence-electron chi connectivity index (χ0n) is 11.6. The normalized spacial score (nSPS) is 11.3. The molecule has 0 bridgehead atoms. The van der Waals surface area contributed by atoms with Crippen LogP contribution in [0.4, 0.5) is 0 Å². The minimum Gasteiger partial charge on any atom is -0.546 e. The highest BCUT2D eigenvalue weighted by molar-refractivity contribution is 6.43. The van der Waals surface area contributed by atoms with Gasteiger partial charge in [-0.2, -0.15) is 0 Å². The third kappa shape index (κ3) is 7.20. The molecule has 4 nitrogen and oxygen atoms in total. The number of hydrogen-bond donors (Lipinski definition) is 1. The van der Waals surface area contributed by atoms with Crippen molar-refractivity contribution in [3.63, 3.8) is 0 Å². The fourth-order valence-corrected chi connectivity index (χ4v) is 1.70. The second-order valence-electron chi connectivity index (χ2n) is 3.88. The third-order valence-corrected chi connectivity index (χ3v) is 3.21. The van der Waals surface area contributed by atoms with Crippen LogP contribution in [0, 0.1) is 0 Å². The number of aliphatic carboxylic acids is 1. The first-order valence-electron chi connectivity index (χ1n) is 6.17. The lowest BCUT2D eigenvalue weighted by atomic mass is 10.3. The fourth-order valence-electron chi connectivity index (χ4n) is 1.12. The Bertz CT molecular complexity index is 439. The summed E-state index contributed by atoms with van der Waals surface area (Å²) < 4.78 is 5.01. The molecule has 0 heterocycles. The molecule has 0 radical (unpaired) electrons. The predicted molar refractivity (Wildman–Crippen MR) is 79.6 cm³/mol. The summed E-state index contributed by atoms with van der Waals surface area (Å²) in [6.45, 7) is 8.08. The number of quaternary nitrogens is 1. The van der Waals surface area contributed by atoms with Crippen molar-refractivity contribution < 1.29 is 20.0 Å². The van der Waals surface area contributed by atoms with E-state index in [0.717, 1.165) is 0 Å². The zero-order valence-corrected chi connectivity index (χ0v) is 13.9. The van der Waals surface area contributed by atoms with Gasteiger partial charge >= 0.3 is 0 Å². The minimum atomic E-state index is -1.34. The van der Waals surface area contributed by atoms with Crippen LogP contribution >= 0.6 is 34.8 Å². The number of benzene rings is 1. The van der Waals surface area contributed by atoms with Crippen LogP contribution < -0.4 is 15.2 Å². The molecule has 20 heavy (non-hydrogen) atoms. The van der Waals surface area contributed by atoms with Crippen LogP contribution in [-0.2, 0) is 4.79 Å². The van der Waals surface area contributed by atoms with Crippen molar-refractivity contribution in [2.24, 2.45) is 0 Å². The molecule has 0 saturated heterocycles. The van der Waals surface area contributed by atoms with Crippen molar-refractivity contribution in [2.75, 3.05) is 13.1 Å². The number of hydrogen-bond acceptors (Lipinski definition) is 3. The molecule has 1 atom stereocenters. The van der Waals surface area contributed by atoms with E-state index in [9.17, 15) is 9.90 Å². The SMILES string of the molecule is CC(Oc1cc(Cl)c(Cl)cc1Cl)C(=O)[O-].CC[NH2+]CC. The van der Waals surface area contributed by atoms with Gasteiger partial charge in [0.25, 0.3) is 0 Å². The molecule has 7 heteroatoms. The van der Waals surface area contributed by atoms with E-state index in [0.29, 0.717) is 0 Å². The highest BCUT2D eigenvalue weighted by Crippen LogP contribution is 2.34. The van der Waals surface area contributed by atoms with E-state index in [1.165, 1.54) is 32.1 Å². The van der Waals surface area contributed by atoms with Crippen molar-refractivity contribution >= 4 is 40.8 Å². The van der Waals surface area contributed by atoms with E-state index in [1.54, 1.807) is 0 Å². The monoisotopic (exact) mass is 341 g/mol. The molecule has 0 amide bonds. The van der Waals surface area contributed by atoms with E-state index >= 15 is 0 Å². The summed E-state index contributed by atoms with van der Waals surface area (Å²) in [5, 5.41) is 13.4. The van der Waals surface area contributed by atoms with Gasteiger partial charge in [0.05, 0.1) is 34.1 Å². The van der Waals surface area contributed by atoms with Gasteiger partial charge in [0.15, 0.2) is 0 Å². The van der Waals surface area contributed by atoms with Gasteiger partial charge in [-0.15, -0.1) is 0 Å². The second kappa shape index (κ2) is 10.1. The summed E-state index contributed by atoms with van der Waals surface area (Å²) in [5.74, 6) is -1.18. The quantitative estimate of drug-likeness (QED) is 0.829. The van der Waals surface area contributed by atoms with Crippen molar-refractivity contribution in [2.45, 2.75) is 26.9 Å². The molecule has 0 aliphatic rings. The summed E-state index contributed by atoms with van der Waals surface area (Å²) in [4.78, 5) is 10.4. The molecule has 0 saturated carbocycles. The number of carboxylic acid groups (broad SMARTS) is 1. The Hall–Kier alpha value is -0.680. The van der Waals surface area contributed by atoms with Crippen LogP contribution in [0.1, 0.15) is 20.8 Å². The van der Waals surface area contributed by atoms with Crippen molar-refractivity contribution in [3.8, 4) is 5.75 Å². The van der Waals surface area contributed by atoms with Gasteiger partial charge < -0.3 is 20.0 Å². The third-order valence-electron chi connectivity index (χ3n) is 2.19. The van der Waals surface area contributed by atoms with E-state index in [4.69, 9.17) is 39.5 Å². The van der Waals surface area contributed by atoms with E-state index in [-0.39, 0.29) is 20.8 Å².